The molecule has 0 aliphatic rings. The topological polar surface area (TPSA) is 104 Å². The molecular formula is C28H29F3N4O3. The van der Waals surface area contributed by atoms with Crippen molar-refractivity contribution in [2.45, 2.75) is 57.3 Å². The van der Waals surface area contributed by atoms with Crippen molar-refractivity contribution >= 4 is 27.8 Å². The van der Waals surface area contributed by atoms with Crippen LogP contribution in [0.25, 0.3) is 27.5 Å². The summed E-state index contributed by atoms with van der Waals surface area (Å²) in [7, 11) is 1.57. The summed E-state index contributed by atoms with van der Waals surface area (Å²) in [6.45, 7) is 4.09. The van der Waals surface area contributed by atoms with Crippen molar-refractivity contribution in [3.8, 4) is 11.8 Å². The van der Waals surface area contributed by atoms with E-state index in [0.29, 0.717) is 41.6 Å². The van der Waals surface area contributed by atoms with Gasteiger partial charge in [0.15, 0.2) is 17.5 Å². The van der Waals surface area contributed by atoms with E-state index in [0.717, 1.165) is 12.1 Å². The molecule has 0 amide bonds. The van der Waals surface area contributed by atoms with Gasteiger partial charge in [0.25, 0.3) is 0 Å². The van der Waals surface area contributed by atoms with Crippen LogP contribution in [0.1, 0.15) is 63.1 Å². The predicted octanol–water partition coefficient (Wildman–Crippen LogP) is 6.49. The van der Waals surface area contributed by atoms with Crippen LogP contribution in [0.2, 0.25) is 0 Å². The Kier molecular flexibility index (Phi) is 7.78. The molecule has 0 aliphatic heterocycles. The smallest absolute Gasteiger partial charge is 0.303 e. The number of nitrogens with zero attached hydrogens (tertiary/aromatic N) is 3. The summed E-state index contributed by atoms with van der Waals surface area (Å²) in [5.41, 5.74) is 1.07. The van der Waals surface area contributed by atoms with E-state index in [2.05, 4.69) is 16.3 Å². The van der Waals surface area contributed by atoms with E-state index < -0.39 is 34.8 Å². The summed E-state index contributed by atoms with van der Waals surface area (Å²) in [5.74, 6) is -4.07. The largest absolute Gasteiger partial charge is 0.481 e. The number of ether oxygens (including phenoxy) is 1. The number of hydrogen-bond donors (Lipinski definition) is 2. The number of carboxylic acids is 1. The third-order valence-electron chi connectivity index (χ3n) is 6.98. The maximum Gasteiger partial charge on any atom is 0.303 e. The van der Waals surface area contributed by atoms with Gasteiger partial charge in [-0.05, 0) is 48.9 Å². The van der Waals surface area contributed by atoms with Crippen LogP contribution in [-0.2, 0) is 14.9 Å². The number of nitrogens with one attached hydrogen (secondary N) is 1. The lowest BCUT2D eigenvalue weighted by Gasteiger charge is -2.29. The van der Waals surface area contributed by atoms with E-state index in [-0.39, 0.29) is 35.9 Å². The minimum atomic E-state index is -1.07. The number of hydrogen-bond acceptors (Lipinski definition) is 4. The molecule has 0 spiro atoms. The molecular weight excluding hydrogens is 497 g/mol. The highest BCUT2D eigenvalue weighted by molar-refractivity contribution is 6.00. The van der Waals surface area contributed by atoms with Gasteiger partial charge in [-0.3, -0.25) is 9.89 Å². The molecule has 0 saturated carbocycles. The average Bonchev–Trinajstić information content (AvgIpc) is 3.47. The first-order valence-electron chi connectivity index (χ1n) is 12.3. The first-order chi connectivity index (χ1) is 18.1. The second-order valence-electron chi connectivity index (χ2n) is 10.1. The zero-order valence-corrected chi connectivity index (χ0v) is 21.4. The van der Waals surface area contributed by atoms with Crippen molar-refractivity contribution in [2.24, 2.45) is 0 Å². The van der Waals surface area contributed by atoms with E-state index in [9.17, 15) is 23.9 Å². The van der Waals surface area contributed by atoms with Crippen molar-refractivity contribution in [3.63, 3.8) is 0 Å². The number of aromatic nitrogens is 3. The highest BCUT2D eigenvalue weighted by Gasteiger charge is 2.36. The highest BCUT2D eigenvalue weighted by atomic mass is 19.2. The molecule has 2 aromatic carbocycles. The fourth-order valence-electron chi connectivity index (χ4n) is 5.27. The van der Waals surface area contributed by atoms with Gasteiger partial charge in [-0.25, -0.2) is 13.2 Å². The van der Waals surface area contributed by atoms with Crippen molar-refractivity contribution < 1.29 is 27.8 Å². The average molecular weight is 527 g/mol. The Morgan fingerprint density at radius 2 is 2.00 bits per heavy atom. The van der Waals surface area contributed by atoms with Crippen LogP contribution in [-0.4, -0.2) is 39.6 Å². The molecule has 10 heteroatoms. The Bertz CT molecular complexity index is 1530. The molecule has 2 N–H and O–H groups in total. The first kappa shape index (κ1) is 27.2. The summed E-state index contributed by atoms with van der Waals surface area (Å²) >= 11 is 0. The molecule has 2 heterocycles. The van der Waals surface area contributed by atoms with Gasteiger partial charge in [0.05, 0.1) is 17.8 Å². The summed E-state index contributed by atoms with van der Waals surface area (Å²) in [6.07, 6.45) is 2.66. The van der Waals surface area contributed by atoms with Gasteiger partial charge >= 0.3 is 5.97 Å². The van der Waals surface area contributed by atoms with Crippen LogP contribution in [0, 0.1) is 28.8 Å². The first-order valence-corrected chi connectivity index (χ1v) is 12.3. The number of halogens is 3. The fourth-order valence-corrected chi connectivity index (χ4v) is 5.27. The summed E-state index contributed by atoms with van der Waals surface area (Å²) < 4.78 is 51.6. The fraction of sp³-hybridized carbons (Fsp3) is 0.393. The van der Waals surface area contributed by atoms with E-state index in [1.165, 1.54) is 12.3 Å². The summed E-state index contributed by atoms with van der Waals surface area (Å²) in [5, 5.41) is 26.5. The Balaban J connectivity index is 2.16. The van der Waals surface area contributed by atoms with Crippen LogP contribution in [0.15, 0.2) is 30.5 Å². The van der Waals surface area contributed by atoms with Crippen LogP contribution in [0.3, 0.4) is 0 Å². The molecule has 0 radical (unpaired) electrons. The van der Waals surface area contributed by atoms with Gasteiger partial charge in [-0.1, -0.05) is 13.8 Å². The number of nitriles is 1. The summed E-state index contributed by atoms with van der Waals surface area (Å²) in [6, 6.07) is 7.36. The van der Waals surface area contributed by atoms with Gasteiger partial charge in [0, 0.05) is 60.2 Å². The van der Waals surface area contributed by atoms with Gasteiger partial charge in [-0.2, -0.15) is 10.4 Å². The van der Waals surface area contributed by atoms with Crippen molar-refractivity contribution in [2.75, 3.05) is 13.7 Å². The predicted molar refractivity (Wildman–Crippen MR) is 137 cm³/mol. The molecule has 0 unspecified atom stereocenters. The van der Waals surface area contributed by atoms with Crippen LogP contribution < -0.4 is 0 Å². The number of H-pyrrole nitrogens is 1. The second-order valence-corrected chi connectivity index (χ2v) is 10.1. The zero-order valence-electron chi connectivity index (χ0n) is 21.4. The molecule has 1 atom stereocenters. The molecule has 4 rings (SSSR count). The number of carbonyl (C=O) groups is 1. The number of aromatic amines is 1. The van der Waals surface area contributed by atoms with Crippen molar-refractivity contribution in [1.29, 1.82) is 5.26 Å². The third-order valence-corrected chi connectivity index (χ3v) is 6.98. The normalized spacial score (nSPS) is 12.8. The van der Waals surface area contributed by atoms with Crippen LogP contribution in [0.4, 0.5) is 13.2 Å². The molecule has 4 aromatic rings. The standard InChI is InChI=1S/C28H29F3N4O3/c1-28(2,10-11-32)27-23(16(5-4-12-38-3)6-9-22(36)37)24-21(13-17-15-33-34-26(17)25(24)31)35(27)18-7-8-19(29)20(30)14-18/h7-8,13-16H,4-6,9-10,12H2,1-3H3,(H,33,34)(H,36,37)/t16-/m1/s1. The number of aliphatic carboxylic acids is 1. The molecule has 0 saturated heterocycles. The van der Waals surface area contributed by atoms with E-state index >= 15 is 4.39 Å². The quantitative estimate of drug-likeness (QED) is 0.217. The molecule has 0 aliphatic carbocycles. The van der Waals surface area contributed by atoms with Crippen LogP contribution in [0.5, 0.6) is 0 Å². The molecule has 2 aromatic heterocycles. The number of fused-ring (bicyclic) bond motifs is 2. The van der Waals surface area contributed by atoms with Crippen molar-refractivity contribution in [3.05, 3.63) is 59.2 Å². The number of rotatable bonds is 11. The van der Waals surface area contributed by atoms with E-state index in [1.54, 1.807) is 17.7 Å². The Hall–Kier alpha value is -3.84. The Labute approximate surface area is 217 Å². The number of benzene rings is 2. The number of methoxy groups -OCH3 is 1. The second kappa shape index (κ2) is 10.9. The van der Waals surface area contributed by atoms with Gasteiger partial charge in [-0.15, -0.1) is 0 Å². The Morgan fingerprint density at radius 3 is 2.66 bits per heavy atom. The lowest BCUT2D eigenvalue weighted by molar-refractivity contribution is -0.137. The molecule has 200 valence electrons. The SMILES string of the molecule is COCCC[C@H](CCC(=O)O)c1c(C(C)(C)CC#N)n(-c2ccc(F)c(F)c2)c2cc3cn[nH]c3c(F)c12. The van der Waals surface area contributed by atoms with Gasteiger partial charge < -0.3 is 14.4 Å². The summed E-state index contributed by atoms with van der Waals surface area (Å²) in [4.78, 5) is 11.6. The molecule has 7 nitrogen and oxygen atoms in total. The molecule has 0 fully saturated rings. The van der Waals surface area contributed by atoms with Gasteiger partial charge in [0.2, 0.25) is 0 Å². The molecule has 0 bridgehead atoms. The lowest BCUT2D eigenvalue weighted by Crippen LogP contribution is -2.24. The Morgan fingerprint density at radius 1 is 1.24 bits per heavy atom. The van der Waals surface area contributed by atoms with Crippen molar-refractivity contribution in [1.82, 2.24) is 14.8 Å². The van der Waals surface area contributed by atoms with Gasteiger partial charge in [0.1, 0.15) is 5.52 Å². The monoisotopic (exact) mass is 526 g/mol. The minimum absolute atomic E-state index is 0.0464. The van der Waals surface area contributed by atoms with E-state index in [4.69, 9.17) is 4.74 Å². The zero-order chi connectivity index (χ0) is 27.6. The maximum atomic E-state index is 16.3. The molecule has 38 heavy (non-hydrogen) atoms. The van der Waals surface area contributed by atoms with Crippen LogP contribution >= 0.6 is 0 Å². The van der Waals surface area contributed by atoms with E-state index in [1.807, 2.05) is 13.8 Å². The lowest BCUT2D eigenvalue weighted by atomic mass is 9.78. The highest BCUT2D eigenvalue weighted by Crippen LogP contribution is 2.46. The minimum Gasteiger partial charge on any atom is -0.481 e. The third kappa shape index (κ3) is 4.98. The number of carboxylic acid groups (broad SMARTS) is 1. The maximum absolute atomic E-state index is 16.3.